The van der Waals surface area contributed by atoms with Gasteiger partial charge in [0.2, 0.25) is 0 Å². The largest absolute Gasteiger partial charge is 0.463 e. The van der Waals surface area contributed by atoms with Gasteiger partial charge in [-0.3, -0.25) is 4.79 Å². The Hall–Kier alpha value is 0.0400. The van der Waals surface area contributed by atoms with Gasteiger partial charge in [0.15, 0.2) is 0 Å². The number of carbonyl (C=O) groups excluding carboxylic acids is 1. The molecule has 0 atom stereocenters. The van der Waals surface area contributed by atoms with Gasteiger partial charge in [0.1, 0.15) is 6.61 Å². The lowest BCUT2D eigenvalue weighted by Crippen LogP contribution is -2.14. The zero-order chi connectivity index (χ0) is 18.4. The highest BCUT2D eigenvalue weighted by atomic mass is 127. The molecule has 0 fully saturated rings. The van der Waals surface area contributed by atoms with Crippen LogP contribution in [0.25, 0.3) is 0 Å². The molecular formula is C18H35IO6. The summed E-state index contributed by atoms with van der Waals surface area (Å²) in [6.07, 6.45) is 6.26. The third-order valence-electron chi connectivity index (χ3n) is 3.23. The molecule has 150 valence electrons. The quantitative estimate of drug-likeness (QED) is 0.117. The van der Waals surface area contributed by atoms with E-state index in [2.05, 4.69) is 22.6 Å². The lowest BCUT2D eigenvalue weighted by molar-refractivity contribution is -0.145. The molecule has 0 aliphatic carbocycles. The average Bonchev–Trinajstić information content (AvgIpc) is 2.61. The van der Waals surface area contributed by atoms with Gasteiger partial charge >= 0.3 is 5.97 Å². The van der Waals surface area contributed by atoms with Gasteiger partial charge in [-0.25, -0.2) is 0 Å². The molecular weight excluding hydrogens is 439 g/mol. The van der Waals surface area contributed by atoms with Crippen molar-refractivity contribution in [2.75, 3.05) is 63.9 Å². The van der Waals surface area contributed by atoms with Crippen molar-refractivity contribution in [3.05, 3.63) is 0 Å². The van der Waals surface area contributed by atoms with Gasteiger partial charge in [0.25, 0.3) is 0 Å². The first kappa shape index (κ1) is 25.0. The Bertz CT molecular complexity index is 278. The molecule has 0 rings (SSSR count). The van der Waals surface area contributed by atoms with Gasteiger partial charge in [0.05, 0.1) is 46.2 Å². The van der Waals surface area contributed by atoms with Crippen LogP contribution in [-0.4, -0.2) is 69.9 Å². The van der Waals surface area contributed by atoms with Crippen LogP contribution in [0.4, 0.5) is 0 Å². The van der Waals surface area contributed by atoms with Crippen LogP contribution in [-0.2, 0) is 28.5 Å². The number of unbranched alkanes of at least 4 members (excludes halogenated alkanes) is 3. The summed E-state index contributed by atoms with van der Waals surface area (Å²) < 4.78 is 27.8. The van der Waals surface area contributed by atoms with Crippen molar-refractivity contribution in [1.29, 1.82) is 0 Å². The van der Waals surface area contributed by atoms with Gasteiger partial charge < -0.3 is 23.7 Å². The zero-order valence-electron chi connectivity index (χ0n) is 15.6. The number of ether oxygens (including phenoxy) is 5. The van der Waals surface area contributed by atoms with E-state index in [1.54, 1.807) is 0 Å². The molecule has 0 bridgehead atoms. The van der Waals surface area contributed by atoms with E-state index in [0.717, 1.165) is 19.4 Å². The van der Waals surface area contributed by atoms with Gasteiger partial charge in [-0.05, 0) is 23.7 Å². The smallest absolute Gasteiger partial charge is 0.305 e. The molecule has 0 saturated heterocycles. The lowest BCUT2D eigenvalue weighted by Gasteiger charge is -2.08. The second-order valence-electron chi connectivity index (χ2n) is 5.52. The summed E-state index contributed by atoms with van der Waals surface area (Å²) in [4.78, 5) is 11.1. The third kappa shape index (κ3) is 22.0. The summed E-state index contributed by atoms with van der Waals surface area (Å²) >= 11 is 2.41. The molecule has 25 heavy (non-hydrogen) atoms. The molecule has 0 radical (unpaired) electrons. The fourth-order valence-corrected chi connectivity index (χ4v) is 2.44. The Kier molecular flexibility index (Phi) is 22.1. The molecule has 0 heterocycles. The Morgan fingerprint density at radius 2 is 1.16 bits per heavy atom. The van der Waals surface area contributed by atoms with Crippen LogP contribution in [0.15, 0.2) is 0 Å². The van der Waals surface area contributed by atoms with Gasteiger partial charge in [-0.2, -0.15) is 0 Å². The fraction of sp³-hybridized carbons (Fsp3) is 0.944. The Balaban J connectivity index is 3.02. The minimum atomic E-state index is -0.167. The van der Waals surface area contributed by atoms with Gasteiger partial charge in [0, 0.05) is 13.0 Å². The Morgan fingerprint density at radius 3 is 1.68 bits per heavy atom. The first-order valence-electron chi connectivity index (χ1n) is 9.33. The van der Waals surface area contributed by atoms with E-state index in [1.165, 1.54) is 23.7 Å². The lowest BCUT2D eigenvalue weighted by atomic mass is 10.2. The Morgan fingerprint density at radius 1 is 0.680 bits per heavy atom. The van der Waals surface area contributed by atoms with E-state index in [1.807, 2.05) is 6.92 Å². The highest BCUT2D eigenvalue weighted by Gasteiger charge is 1.99. The van der Waals surface area contributed by atoms with E-state index in [9.17, 15) is 4.79 Å². The minimum absolute atomic E-state index is 0.167. The van der Waals surface area contributed by atoms with Crippen molar-refractivity contribution in [2.45, 2.75) is 45.4 Å². The predicted octanol–water partition coefficient (Wildman–Crippen LogP) is 3.39. The summed E-state index contributed by atoms with van der Waals surface area (Å²) in [5, 5.41) is 0. The SMILES string of the molecule is CCCC(=O)OCCOCCOCCOCCOCCCCCCI. The summed E-state index contributed by atoms with van der Waals surface area (Å²) in [5.74, 6) is -0.167. The summed E-state index contributed by atoms with van der Waals surface area (Å²) in [6.45, 7) is 6.85. The molecule has 0 N–H and O–H groups in total. The maximum atomic E-state index is 11.1. The number of rotatable bonds is 20. The van der Waals surface area contributed by atoms with Crippen LogP contribution in [0.5, 0.6) is 0 Å². The zero-order valence-corrected chi connectivity index (χ0v) is 17.8. The molecule has 0 spiro atoms. The number of carbonyl (C=O) groups is 1. The standard InChI is InChI=1S/C18H35IO6/c1-2-7-18(20)25-17-16-24-15-14-23-13-12-22-11-10-21-9-6-4-3-5-8-19/h2-17H2,1H3. The molecule has 0 aliphatic heterocycles. The normalized spacial score (nSPS) is 11.0. The van der Waals surface area contributed by atoms with Crippen molar-refractivity contribution in [1.82, 2.24) is 0 Å². The molecule has 7 heteroatoms. The molecule has 0 aromatic heterocycles. The topological polar surface area (TPSA) is 63.2 Å². The number of esters is 1. The molecule has 0 aromatic rings. The van der Waals surface area contributed by atoms with E-state index >= 15 is 0 Å². The van der Waals surface area contributed by atoms with Crippen LogP contribution < -0.4 is 0 Å². The van der Waals surface area contributed by atoms with E-state index in [4.69, 9.17) is 23.7 Å². The molecule has 0 aliphatic rings. The van der Waals surface area contributed by atoms with Crippen molar-refractivity contribution in [3.8, 4) is 0 Å². The first-order valence-corrected chi connectivity index (χ1v) is 10.9. The monoisotopic (exact) mass is 474 g/mol. The maximum absolute atomic E-state index is 11.1. The molecule has 0 unspecified atom stereocenters. The molecule has 6 nitrogen and oxygen atoms in total. The number of hydrogen-bond donors (Lipinski definition) is 0. The number of alkyl halides is 1. The van der Waals surface area contributed by atoms with Crippen LogP contribution in [0.1, 0.15) is 45.4 Å². The average molecular weight is 474 g/mol. The highest BCUT2D eigenvalue weighted by molar-refractivity contribution is 14.1. The number of halogens is 1. The van der Waals surface area contributed by atoms with Crippen LogP contribution in [0, 0.1) is 0 Å². The highest BCUT2D eigenvalue weighted by Crippen LogP contribution is 2.02. The van der Waals surface area contributed by atoms with E-state index < -0.39 is 0 Å². The van der Waals surface area contributed by atoms with Crippen molar-refractivity contribution in [3.63, 3.8) is 0 Å². The van der Waals surface area contributed by atoms with Gasteiger partial charge in [-0.15, -0.1) is 0 Å². The van der Waals surface area contributed by atoms with Crippen LogP contribution >= 0.6 is 22.6 Å². The second-order valence-corrected chi connectivity index (χ2v) is 6.60. The third-order valence-corrected chi connectivity index (χ3v) is 4.00. The van der Waals surface area contributed by atoms with Gasteiger partial charge in [-0.1, -0.05) is 42.4 Å². The predicted molar refractivity (Wildman–Crippen MR) is 106 cm³/mol. The molecule has 0 aromatic carbocycles. The first-order chi connectivity index (χ1) is 12.3. The maximum Gasteiger partial charge on any atom is 0.305 e. The van der Waals surface area contributed by atoms with Crippen molar-refractivity contribution < 1.29 is 28.5 Å². The molecule has 0 amide bonds. The summed E-state index contributed by atoms with van der Waals surface area (Å²) in [7, 11) is 0. The van der Waals surface area contributed by atoms with Crippen LogP contribution in [0.2, 0.25) is 0 Å². The van der Waals surface area contributed by atoms with E-state index in [0.29, 0.717) is 59.3 Å². The second kappa shape index (κ2) is 22.1. The van der Waals surface area contributed by atoms with E-state index in [-0.39, 0.29) is 5.97 Å². The summed E-state index contributed by atoms with van der Waals surface area (Å²) in [5.41, 5.74) is 0. The van der Waals surface area contributed by atoms with Crippen molar-refractivity contribution in [2.24, 2.45) is 0 Å². The Labute approximate surface area is 166 Å². The fourth-order valence-electron chi connectivity index (χ4n) is 1.90. The summed E-state index contributed by atoms with van der Waals surface area (Å²) in [6, 6.07) is 0. The minimum Gasteiger partial charge on any atom is -0.463 e. The van der Waals surface area contributed by atoms with Crippen molar-refractivity contribution >= 4 is 28.6 Å². The number of hydrogen-bond acceptors (Lipinski definition) is 6. The molecule has 0 saturated carbocycles. The van der Waals surface area contributed by atoms with Crippen LogP contribution in [0.3, 0.4) is 0 Å².